The van der Waals surface area contributed by atoms with Crippen LogP contribution < -0.4 is 0 Å². The molecule has 0 heterocycles. The Hall–Kier alpha value is -0.380. The summed E-state index contributed by atoms with van der Waals surface area (Å²) in [7, 11) is 0. The number of aliphatic hydroxyl groups excluding tert-OH is 1. The number of fused-ring (bicyclic) bond motifs is 5. The summed E-state index contributed by atoms with van der Waals surface area (Å²) >= 11 is 0. The standard InChI is InChI=1S/C28H48O3/c1-19(10-12-25(2,30)16-17-29)22-8-9-23-21-7-6-20-18-26(3,31)14-15-27(20,4)24(21)11-13-28(22,23)5/h6,19,21-24,29-31H,7-18H2,1-5H3. The van der Waals surface area contributed by atoms with Gasteiger partial charge in [0.1, 0.15) is 0 Å². The zero-order valence-electron chi connectivity index (χ0n) is 20.8. The monoisotopic (exact) mass is 432 g/mol. The van der Waals surface area contributed by atoms with E-state index in [9.17, 15) is 15.3 Å². The SMILES string of the molecule is CC(CCC(C)(O)CCO)C1CCC2C3CC=C4CC(C)(O)CCC4(C)C3CCC12C. The normalized spacial score (nSPS) is 47.5. The molecule has 3 fully saturated rings. The average Bonchev–Trinajstić information content (AvgIpc) is 3.04. The van der Waals surface area contributed by atoms with Gasteiger partial charge in [-0.1, -0.05) is 32.4 Å². The zero-order valence-corrected chi connectivity index (χ0v) is 20.8. The van der Waals surface area contributed by atoms with Crippen molar-refractivity contribution in [1.29, 1.82) is 0 Å². The highest BCUT2D eigenvalue weighted by Gasteiger charge is 2.59. The van der Waals surface area contributed by atoms with E-state index in [-0.39, 0.29) is 6.61 Å². The molecule has 0 bridgehead atoms. The first-order chi connectivity index (χ1) is 14.4. The predicted octanol–water partition coefficient (Wildman–Crippen LogP) is 5.87. The second-order valence-corrected chi connectivity index (χ2v) is 13.1. The molecule has 4 rings (SSSR count). The zero-order chi connectivity index (χ0) is 22.7. The maximum atomic E-state index is 10.7. The maximum absolute atomic E-state index is 10.7. The van der Waals surface area contributed by atoms with Crippen molar-refractivity contribution in [2.24, 2.45) is 40.4 Å². The van der Waals surface area contributed by atoms with Gasteiger partial charge in [0, 0.05) is 6.61 Å². The summed E-state index contributed by atoms with van der Waals surface area (Å²) in [6, 6.07) is 0. The molecule has 9 atom stereocenters. The van der Waals surface area contributed by atoms with Gasteiger partial charge in [-0.3, -0.25) is 0 Å². The van der Waals surface area contributed by atoms with E-state index in [4.69, 9.17) is 0 Å². The summed E-state index contributed by atoms with van der Waals surface area (Å²) < 4.78 is 0. The lowest BCUT2D eigenvalue weighted by Gasteiger charge is -2.59. The Balaban J connectivity index is 1.48. The van der Waals surface area contributed by atoms with Gasteiger partial charge in [-0.25, -0.2) is 0 Å². The van der Waals surface area contributed by atoms with Crippen molar-refractivity contribution in [3.8, 4) is 0 Å². The Morgan fingerprint density at radius 1 is 1.06 bits per heavy atom. The highest BCUT2D eigenvalue weighted by atomic mass is 16.3. The number of hydrogen-bond donors (Lipinski definition) is 3. The second kappa shape index (κ2) is 8.13. The molecule has 4 aliphatic rings. The quantitative estimate of drug-likeness (QED) is 0.460. The van der Waals surface area contributed by atoms with E-state index < -0.39 is 11.2 Å². The van der Waals surface area contributed by atoms with Crippen molar-refractivity contribution in [3.63, 3.8) is 0 Å². The third kappa shape index (κ3) is 4.17. The van der Waals surface area contributed by atoms with Crippen LogP contribution in [-0.4, -0.2) is 33.1 Å². The molecular formula is C28H48O3. The Labute approximate surface area is 190 Å². The molecule has 0 saturated heterocycles. The summed E-state index contributed by atoms with van der Waals surface area (Å²) in [6.07, 6.45) is 14.5. The second-order valence-electron chi connectivity index (χ2n) is 13.1. The topological polar surface area (TPSA) is 60.7 Å². The number of rotatable bonds is 6. The first kappa shape index (κ1) is 23.8. The maximum Gasteiger partial charge on any atom is 0.0657 e. The number of allylic oxidation sites excluding steroid dienone is 1. The van der Waals surface area contributed by atoms with Crippen LogP contribution in [0.5, 0.6) is 0 Å². The molecule has 0 aromatic heterocycles. The van der Waals surface area contributed by atoms with E-state index in [2.05, 4.69) is 26.8 Å². The fourth-order valence-corrected chi connectivity index (χ4v) is 8.89. The third-order valence-electron chi connectivity index (χ3n) is 10.9. The largest absolute Gasteiger partial charge is 0.396 e. The van der Waals surface area contributed by atoms with E-state index in [0.29, 0.717) is 23.2 Å². The average molecular weight is 433 g/mol. The minimum absolute atomic E-state index is 0.0668. The Bertz CT molecular complexity index is 694. The number of hydrogen-bond acceptors (Lipinski definition) is 3. The van der Waals surface area contributed by atoms with Crippen LogP contribution in [0.1, 0.15) is 105 Å². The first-order valence-corrected chi connectivity index (χ1v) is 13.2. The van der Waals surface area contributed by atoms with Gasteiger partial charge in [0.2, 0.25) is 0 Å². The minimum atomic E-state index is -0.735. The molecule has 3 saturated carbocycles. The van der Waals surface area contributed by atoms with Gasteiger partial charge in [0.15, 0.2) is 0 Å². The predicted molar refractivity (Wildman–Crippen MR) is 127 cm³/mol. The van der Waals surface area contributed by atoms with E-state index in [0.717, 1.165) is 55.8 Å². The van der Waals surface area contributed by atoms with Gasteiger partial charge in [0.05, 0.1) is 11.2 Å². The Kier molecular flexibility index (Phi) is 6.24. The lowest BCUT2D eigenvalue weighted by molar-refractivity contribution is -0.0716. The number of aliphatic hydroxyl groups is 3. The van der Waals surface area contributed by atoms with E-state index >= 15 is 0 Å². The molecule has 0 spiro atoms. The molecule has 3 heteroatoms. The molecule has 4 aliphatic carbocycles. The molecule has 178 valence electrons. The molecule has 0 aliphatic heterocycles. The Morgan fingerprint density at radius 2 is 1.81 bits per heavy atom. The fourth-order valence-electron chi connectivity index (χ4n) is 8.89. The van der Waals surface area contributed by atoms with Crippen LogP contribution in [0, 0.1) is 40.4 Å². The molecule has 3 nitrogen and oxygen atoms in total. The summed E-state index contributed by atoms with van der Waals surface area (Å²) in [6.45, 7) is 11.5. The van der Waals surface area contributed by atoms with Crippen molar-refractivity contribution >= 4 is 0 Å². The molecule has 0 radical (unpaired) electrons. The van der Waals surface area contributed by atoms with E-state index in [1.165, 1.54) is 32.1 Å². The molecule has 0 aromatic carbocycles. The summed E-state index contributed by atoms with van der Waals surface area (Å²) in [5.41, 5.74) is 1.06. The lowest BCUT2D eigenvalue weighted by Crippen LogP contribution is -2.52. The van der Waals surface area contributed by atoms with Crippen LogP contribution in [0.3, 0.4) is 0 Å². The van der Waals surface area contributed by atoms with E-state index in [1.807, 2.05) is 13.8 Å². The minimum Gasteiger partial charge on any atom is -0.396 e. The lowest BCUT2D eigenvalue weighted by atomic mass is 9.46. The highest BCUT2D eigenvalue weighted by Crippen LogP contribution is 2.67. The van der Waals surface area contributed by atoms with Crippen molar-refractivity contribution in [2.75, 3.05) is 6.61 Å². The van der Waals surface area contributed by atoms with Crippen molar-refractivity contribution in [1.82, 2.24) is 0 Å². The van der Waals surface area contributed by atoms with Crippen LogP contribution in [-0.2, 0) is 0 Å². The highest BCUT2D eigenvalue weighted by molar-refractivity contribution is 5.26. The fraction of sp³-hybridized carbons (Fsp3) is 0.929. The van der Waals surface area contributed by atoms with Crippen LogP contribution in [0.15, 0.2) is 11.6 Å². The molecule has 0 amide bonds. The van der Waals surface area contributed by atoms with Gasteiger partial charge >= 0.3 is 0 Å². The van der Waals surface area contributed by atoms with Crippen molar-refractivity contribution in [2.45, 2.75) is 116 Å². The first-order valence-electron chi connectivity index (χ1n) is 13.2. The van der Waals surface area contributed by atoms with Gasteiger partial charge in [0.25, 0.3) is 0 Å². The molecule has 0 aromatic rings. The van der Waals surface area contributed by atoms with Crippen LogP contribution in [0.2, 0.25) is 0 Å². The molecular weight excluding hydrogens is 384 g/mol. The van der Waals surface area contributed by atoms with Crippen LogP contribution >= 0.6 is 0 Å². The Morgan fingerprint density at radius 3 is 2.52 bits per heavy atom. The summed E-state index contributed by atoms with van der Waals surface area (Å²) in [4.78, 5) is 0. The summed E-state index contributed by atoms with van der Waals surface area (Å²) in [5.74, 6) is 3.82. The molecule has 3 N–H and O–H groups in total. The van der Waals surface area contributed by atoms with Gasteiger partial charge in [-0.15, -0.1) is 0 Å². The molecule has 31 heavy (non-hydrogen) atoms. The van der Waals surface area contributed by atoms with Crippen LogP contribution in [0.25, 0.3) is 0 Å². The van der Waals surface area contributed by atoms with Crippen molar-refractivity contribution in [3.05, 3.63) is 11.6 Å². The smallest absolute Gasteiger partial charge is 0.0657 e. The van der Waals surface area contributed by atoms with Crippen LogP contribution in [0.4, 0.5) is 0 Å². The van der Waals surface area contributed by atoms with E-state index in [1.54, 1.807) is 5.57 Å². The van der Waals surface area contributed by atoms with Crippen molar-refractivity contribution < 1.29 is 15.3 Å². The van der Waals surface area contributed by atoms with Gasteiger partial charge in [-0.05, 0) is 125 Å². The van der Waals surface area contributed by atoms with Gasteiger partial charge < -0.3 is 15.3 Å². The summed E-state index contributed by atoms with van der Waals surface area (Å²) in [5, 5.41) is 30.5. The molecule has 9 unspecified atom stereocenters. The van der Waals surface area contributed by atoms with Gasteiger partial charge in [-0.2, -0.15) is 0 Å². The third-order valence-corrected chi connectivity index (χ3v) is 10.9.